The molecule has 1 heterocycles. The van der Waals surface area contributed by atoms with Crippen LogP contribution >= 0.6 is 11.8 Å². The van der Waals surface area contributed by atoms with Crippen LogP contribution in [0.25, 0.3) is 0 Å². The van der Waals surface area contributed by atoms with Gasteiger partial charge in [-0.05, 0) is 24.1 Å². The van der Waals surface area contributed by atoms with Crippen LogP contribution in [0.2, 0.25) is 0 Å². The Hall–Kier alpha value is -1.49. The van der Waals surface area contributed by atoms with E-state index >= 15 is 0 Å². The summed E-state index contributed by atoms with van der Waals surface area (Å²) in [5, 5.41) is 8.76. The number of rotatable bonds is 6. The van der Waals surface area contributed by atoms with Crippen LogP contribution in [0.5, 0.6) is 5.75 Å². The van der Waals surface area contributed by atoms with E-state index in [1.54, 1.807) is 18.1 Å². The van der Waals surface area contributed by atoms with Gasteiger partial charge in [-0.2, -0.15) is 0 Å². The molecular formula is C13H17N3OS. The Morgan fingerprint density at radius 1 is 1.39 bits per heavy atom. The molecular weight excluding hydrogens is 246 g/mol. The first kappa shape index (κ1) is 13.0. The van der Waals surface area contributed by atoms with Gasteiger partial charge in [0.15, 0.2) is 5.16 Å². The second-order valence-corrected chi connectivity index (χ2v) is 4.98. The SMILES string of the molecule is CCc1cccc(OCCSc2nncn2C)c1. The minimum absolute atomic E-state index is 0.671. The van der Waals surface area contributed by atoms with Gasteiger partial charge in [-0.1, -0.05) is 30.8 Å². The molecule has 0 unspecified atom stereocenters. The van der Waals surface area contributed by atoms with Crippen molar-refractivity contribution in [3.8, 4) is 5.75 Å². The molecule has 0 saturated heterocycles. The van der Waals surface area contributed by atoms with Crippen molar-refractivity contribution in [1.82, 2.24) is 14.8 Å². The number of aromatic nitrogens is 3. The first-order valence-corrected chi connectivity index (χ1v) is 6.96. The molecule has 2 rings (SSSR count). The maximum atomic E-state index is 5.71. The lowest BCUT2D eigenvalue weighted by atomic mass is 10.2. The maximum absolute atomic E-state index is 5.71. The van der Waals surface area contributed by atoms with Crippen LogP contribution in [-0.4, -0.2) is 27.1 Å². The number of nitrogens with zero attached hydrogens (tertiary/aromatic N) is 3. The van der Waals surface area contributed by atoms with Gasteiger partial charge in [0, 0.05) is 12.8 Å². The van der Waals surface area contributed by atoms with Crippen molar-refractivity contribution in [2.45, 2.75) is 18.5 Å². The van der Waals surface area contributed by atoms with E-state index in [4.69, 9.17) is 4.74 Å². The Morgan fingerprint density at radius 3 is 3.00 bits per heavy atom. The monoisotopic (exact) mass is 263 g/mol. The summed E-state index contributed by atoms with van der Waals surface area (Å²) in [5.41, 5.74) is 1.30. The van der Waals surface area contributed by atoms with Crippen molar-refractivity contribution < 1.29 is 4.74 Å². The van der Waals surface area contributed by atoms with Crippen molar-refractivity contribution in [3.05, 3.63) is 36.2 Å². The quantitative estimate of drug-likeness (QED) is 0.593. The van der Waals surface area contributed by atoms with Crippen molar-refractivity contribution in [2.24, 2.45) is 7.05 Å². The standard InChI is InChI=1S/C13H17N3OS/c1-3-11-5-4-6-12(9-11)17-7-8-18-13-15-14-10-16(13)2/h4-6,9-10H,3,7-8H2,1-2H3. The molecule has 5 heteroatoms. The highest BCUT2D eigenvalue weighted by molar-refractivity contribution is 7.99. The third-order valence-electron chi connectivity index (χ3n) is 2.56. The molecule has 0 spiro atoms. The zero-order chi connectivity index (χ0) is 12.8. The summed E-state index contributed by atoms with van der Waals surface area (Å²) in [4.78, 5) is 0. The van der Waals surface area contributed by atoms with Crippen LogP contribution < -0.4 is 4.74 Å². The predicted molar refractivity (Wildman–Crippen MR) is 73.0 cm³/mol. The van der Waals surface area contributed by atoms with Gasteiger partial charge in [-0.25, -0.2) is 0 Å². The molecule has 1 aromatic heterocycles. The van der Waals surface area contributed by atoms with Crippen molar-refractivity contribution >= 4 is 11.8 Å². The molecule has 0 aliphatic carbocycles. The normalized spacial score (nSPS) is 10.6. The number of thioether (sulfide) groups is 1. The molecule has 0 aliphatic rings. The van der Waals surface area contributed by atoms with Gasteiger partial charge >= 0.3 is 0 Å². The fourth-order valence-corrected chi connectivity index (χ4v) is 2.26. The van der Waals surface area contributed by atoms with Crippen molar-refractivity contribution in [3.63, 3.8) is 0 Å². The molecule has 0 fully saturated rings. The van der Waals surface area contributed by atoms with E-state index in [9.17, 15) is 0 Å². The van der Waals surface area contributed by atoms with Crippen LogP contribution in [-0.2, 0) is 13.5 Å². The third-order valence-corrected chi connectivity index (χ3v) is 3.56. The second kappa shape index (κ2) is 6.44. The van der Waals surface area contributed by atoms with Gasteiger partial charge in [0.1, 0.15) is 12.1 Å². The van der Waals surface area contributed by atoms with E-state index in [-0.39, 0.29) is 0 Å². The van der Waals surface area contributed by atoms with Gasteiger partial charge < -0.3 is 9.30 Å². The van der Waals surface area contributed by atoms with Gasteiger partial charge in [0.2, 0.25) is 0 Å². The van der Waals surface area contributed by atoms with E-state index < -0.39 is 0 Å². The van der Waals surface area contributed by atoms with Crippen LogP contribution in [0.1, 0.15) is 12.5 Å². The van der Waals surface area contributed by atoms with Crippen molar-refractivity contribution in [1.29, 1.82) is 0 Å². The van der Waals surface area contributed by atoms with E-state index in [0.717, 1.165) is 23.1 Å². The summed E-state index contributed by atoms with van der Waals surface area (Å²) in [6.07, 6.45) is 2.73. The van der Waals surface area contributed by atoms with Crippen LogP contribution in [0.15, 0.2) is 35.7 Å². The Kier molecular flexibility index (Phi) is 4.64. The number of ether oxygens (including phenoxy) is 1. The average Bonchev–Trinajstić information content (AvgIpc) is 2.81. The highest BCUT2D eigenvalue weighted by Gasteiger charge is 2.01. The molecule has 2 aromatic rings. The molecule has 0 amide bonds. The molecule has 18 heavy (non-hydrogen) atoms. The Morgan fingerprint density at radius 2 is 2.28 bits per heavy atom. The van der Waals surface area contributed by atoms with Gasteiger partial charge in [0.05, 0.1) is 6.61 Å². The summed E-state index contributed by atoms with van der Waals surface area (Å²) in [5.74, 6) is 1.80. The fraction of sp³-hybridized carbons (Fsp3) is 0.385. The molecule has 0 aliphatic heterocycles. The largest absolute Gasteiger partial charge is 0.493 e. The molecule has 1 aromatic carbocycles. The lowest BCUT2D eigenvalue weighted by Gasteiger charge is -2.06. The smallest absolute Gasteiger partial charge is 0.190 e. The maximum Gasteiger partial charge on any atom is 0.190 e. The number of hydrogen-bond acceptors (Lipinski definition) is 4. The van der Waals surface area contributed by atoms with Gasteiger partial charge in [-0.15, -0.1) is 10.2 Å². The van der Waals surface area contributed by atoms with Gasteiger partial charge in [-0.3, -0.25) is 0 Å². The average molecular weight is 263 g/mol. The van der Waals surface area contributed by atoms with E-state index in [1.807, 2.05) is 23.7 Å². The summed E-state index contributed by atoms with van der Waals surface area (Å²) in [6, 6.07) is 8.23. The number of benzene rings is 1. The molecule has 0 saturated carbocycles. The fourth-order valence-electron chi connectivity index (χ4n) is 1.55. The molecule has 0 radical (unpaired) electrons. The van der Waals surface area contributed by atoms with Crippen LogP contribution in [0.3, 0.4) is 0 Å². The highest BCUT2D eigenvalue weighted by atomic mass is 32.2. The minimum atomic E-state index is 0.671. The highest BCUT2D eigenvalue weighted by Crippen LogP contribution is 2.16. The third kappa shape index (κ3) is 3.50. The Bertz CT molecular complexity index is 498. The second-order valence-electron chi connectivity index (χ2n) is 3.92. The Balaban J connectivity index is 1.76. The van der Waals surface area contributed by atoms with E-state index in [0.29, 0.717) is 6.61 Å². The summed E-state index contributed by atoms with van der Waals surface area (Å²) < 4.78 is 7.61. The first-order valence-electron chi connectivity index (χ1n) is 5.98. The number of aryl methyl sites for hydroxylation is 2. The predicted octanol–water partition coefficient (Wildman–Crippen LogP) is 2.55. The number of hydrogen-bond donors (Lipinski definition) is 0. The molecule has 96 valence electrons. The van der Waals surface area contributed by atoms with E-state index in [2.05, 4.69) is 29.3 Å². The van der Waals surface area contributed by atoms with Gasteiger partial charge in [0.25, 0.3) is 0 Å². The molecule has 0 N–H and O–H groups in total. The summed E-state index contributed by atoms with van der Waals surface area (Å²) >= 11 is 1.65. The summed E-state index contributed by atoms with van der Waals surface area (Å²) in [7, 11) is 1.94. The minimum Gasteiger partial charge on any atom is -0.493 e. The summed E-state index contributed by atoms with van der Waals surface area (Å²) in [6.45, 7) is 2.81. The lowest BCUT2D eigenvalue weighted by molar-refractivity contribution is 0.343. The van der Waals surface area contributed by atoms with Crippen LogP contribution in [0.4, 0.5) is 0 Å². The molecule has 0 atom stereocenters. The molecule has 4 nitrogen and oxygen atoms in total. The molecule has 0 bridgehead atoms. The first-order chi connectivity index (χ1) is 8.79. The zero-order valence-electron chi connectivity index (χ0n) is 10.7. The van der Waals surface area contributed by atoms with Crippen molar-refractivity contribution in [2.75, 3.05) is 12.4 Å². The topological polar surface area (TPSA) is 39.9 Å². The zero-order valence-corrected chi connectivity index (χ0v) is 11.5. The lowest BCUT2D eigenvalue weighted by Crippen LogP contribution is -2.01. The van der Waals surface area contributed by atoms with E-state index in [1.165, 1.54) is 5.56 Å². The Labute approximate surface area is 111 Å². The van der Waals surface area contributed by atoms with Crippen LogP contribution in [0, 0.1) is 0 Å².